The fourth-order valence-electron chi connectivity index (χ4n) is 3.30. The van der Waals surface area contributed by atoms with Gasteiger partial charge in [0.15, 0.2) is 0 Å². The maximum absolute atomic E-state index is 12.4. The van der Waals surface area contributed by atoms with Crippen molar-refractivity contribution < 1.29 is 9.59 Å². The van der Waals surface area contributed by atoms with Gasteiger partial charge in [0.1, 0.15) is 0 Å². The lowest BCUT2D eigenvalue weighted by atomic mass is 9.90. The van der Waals surface area contributed by atoms with Gasteiger partial charge in [0.2, 0.25) is 5.91 Å². The molecule has 1 aromatic heterocycles. The van der Waals surface area contributed by atoms with Crippen LogP contribution in [0, 0.1) is 0 Å². The number of amides is 2. The van der Waals surface area contributed by atoms with Crippen molar-refractivity contribution in [3.63, 3.8) is 0 Å². The van der Waals surface area contributed by atoms with E-state index in [0.717, 1.165) is 31.4 Å². The molecule has 0 unspecified atom stereocenters. The number of hydrogen-bond donors (Lipinski definition) is 2. The zero-order valence-electron chi connectivity index (χ0n) is 14.5. The van der Waals surface area contributed by atoms with Crippen LogP contribution in [0.15, 0.2) is 48.7 Å². The normalized spacial score (nSPS) is 19.6. The molecule has 2 atom stereocenters. The molecule has 136 valence electrons. The second-order valence-electron chi connectivity index (χ2n) is 6.61. The van der Waals surface area contributed by atoms with E-state index in [-0.39, 0.29) is 30.3 Å². The molecule has 1 aromatic carbocycles. The second-order valence-corrected chi connectivity index (χ2v) is 7.05. The largest absolute Gasteiger partial charge is 0.353 e. The maximum atomic E-state index is 12.4. The molecule has 1 aliphatic carbocycles. The molecule has 1 aliphatic rings. The molecule has 1 heterocycles. The molecule has 0 spiro atoms. The number of rotatable bonds is 5. The number of nitrogens with zero attached hydrogens (tertiary/aromatic N) is 1. The van der Waals surface area contributed by atoms with Crippen LogP contribution in [-0.4, -0.2) is 28.9 Å². The molecule has 2 N–H and O–H groups in total. The summed E-state index contributed by atoms with van der Waals surface area (Å²) in [5.41, 5.74) is 1.31. The highest BCUT2D eigenvalue weighted by Gasteiger charge is 2.25. The summed E-state index contributed by atoms with van der Waals surface area (Å²) in [5.74, 6) is -0.159. The van der Waals surface area contributed by atoms with Gasteiger partial charge in [0.25, 0.3) is 5.91 Å². The lowest BCUT2D eigenvalue weighted by Gasteiger charge is -2.30. The van der Waals surface area contributed by atoms with E-state index >= 15 is 0 Å². The Hall–Kier alpha value is -2.40. The van der Waals surface area contributed by atoms with Crippen LogP contribution in [-0.2, 0) is 11.2 Å². The number of carbonyl (C=O) groups excluding carboxylic acids is 2. The van der Waals surface area contributed by atoms with E-state index in [9.17, 15) is 9.59 Å². The third kappa shape index (κ3) is 5.30. The van der Waals surface area contributed by atoms with Crippen LogP contribution in [0.4, 0.5) is 0 Å². The number of aromatic nitrogens is 1. The van der Waals surface area contributed by atoms with Gasteiger partial charge >= 0.3 is 0 Å². The molecule has 0 saturated heterocycles. The summed E-state index contributed by atoms with van der Waals surface area (Å²) < 4.78 is 0. The number of hydrogen-bond acceptors (Lipinski definition) is 3. The van der Waals surface area contributed by atoms with Crippen LogP contribution in [0.1, 0.15) is 41.7 Å². The minimum Gasteiger partial charge on any atom is -0.353 e. The van der Waals surface area contributed by atoms with Crippen LogP contribution in [0.25, 0.3) is 0 Å². The maximum Gasteiger partial charge on any atom is 0.251 e. The number of nitrogens with one attached hydrogen (secondary N) is 2. The minimum absolute atomic E-state index is 0.0319. The SMILES string of the molecule is O=C(Cc1ccccn1)N[C@H]1CCC[C@H](NC(=O)c2cccc(Cl)c2)C1. The van der Waals surface area contributed by atoms with Gasteiger partial charge < -0.3 is 10.6 Å². The smallest absolute Gasteiger partial charge is 0.251 e. The van der Waals surface area contributed by atoms with Crippen molar-refractivity contribution in [3.05, 3.63) is 64.9 Å². The Morgan fingerprint density at radius 3 is 2.62 bits per heavy atom. The van der Waals surface area contributed by atoms with Crippen molar-refractivity contribution in [3.8, 4) is 0 Å². The average molecular weight is 372 g/mol. The topological polar surface area (TPSA) is 71.1 Å². The highest BCUT2D eigenvalue weighted by Crippen LogP contribution is 2.20. The Balaban J connectivity index is 1.51. The summed E-state index contributed by atoms with van der Waals surface area (Å²) in [6, 6.07) is 12.6. The summed E-state index contributed by atoms with van der Waals surface area (Å²) in [4.78, 5) is 28.8. The van der Waals surface area contributed by atoms with Crippen molar-refractivity contribution >= 4 is 23.4 Å². The van der Waals surface area contributed by atoms with E-state index < -0.39 is 0 Å². The highest BCUT2D eigenvalue weighted by molar-refractivity contribution is 6.30. The lowest BCUT2D eigenvalue weighted by Crippen LogP contribution is -2.46. The number of halogens is 1. The van der Waals surface area contributed by atoms with E-state index in [1.54, 1.807) is 30.5 Å². The molecule has 26 heavy (non-hydrogen) atoms. The summed E-state index contributed by atoms with van der Waals surface area (Å²) in [6.07, 6.45) is 5.51. The van der Waals surface area contributed by atoms with Gasteiger partial charge in [-0.3, -0.25) is 14.6 Å². The Kier molecular flexibility index (Phi) is 6.23. The van der Waals surface area contributed by atoms with Crippen molar-refractivity contribution in [2.24, 2.45) is 0 Å². The second kappa shape index (κ2) is 8.81. The first-order valence-corrected chi connectivity index (χ1v) is 9.23. The molecule has 3 rings (SSSR count). The number of carbonyl (C=O) groups is 2. The molecule has 5 nitrogen and oxygen atoms in total. The predicted octanol–water partition coefficient (Wildman–Crippen LogP) is 3.13. The quantitative estimate of drug-likeness (QED) is 0.848. The van der Waals surface area contributed by atoms with Crippen LogP contribution in [0.2, 0.25) is 5.02 Å². The summed E-state index contributed by atoms with van der Waals surface area (Å²) in [5, 5.41) is 6.66. The fourth-order valence-corrected chi connectivity index (χ4v) is 3.49. The zero-order chi connectivity index (χ0) is 18.4. The third-order valence-corrected chi connectivity index (χ3v) is 4.76. The Bertz CT molecular complexity index is 767. The van der Waals surface area contributed by atoms with E-state index in [2.05, 4.69) is 15.6 Å². The minimum atomic E-state index is -0.127. The Morgan fingerprint density at radius 2 is 1.88 bits per heavy atom. The van der Waals surface area contributed by atoms with Gasteiger partial charge in [0, 0.05) is 34.6 Å². The first-order valence-electron chi connectivity index (χ1n) is 8.86. The molecule has 1 fully saturated rings. The van der Waals surface area contributed by atoms with E-state index in [0.29, 0.717) is 10.6 Å². The van der Waals surface area contributed by atoms with Crippen LogP contribution in [0.3, 0.4) is 0 Å². The van der Waals surface area contributed by atoms with Crippen molar-refractivity contribution in [1.29, 1.82) is 0 Å². The third-order valence-electron chi connectivity index (χ3n) is 4.53. The van der Waals surface area contributed by atoms with Gasteiger partial charge in [-0.25, -0.2) is 0 Å². The number of pyridine rings is 1. The van der Waals surface area contributed by atoms with Crippen molar-refractivity contribution in [2.75, 3.05) is 0 Å². The van der Waals surface area contributed by atoms with Gasteiger partial charge in [-0.2, -0.15) is 0 Å². The van der Waals surface area contributed by atoms with Crippen molar-refractivity contribution in [1.82, 2.24) is 15.6 Å². The molecule has 6 heteroatoms. The lowest BCUT2D eigenvalue weighted by molar-refractivity contribution is -0.121. The molecule has 0 radical (unpaired) electrons. The molecule has 0 bridgehead atoms. The molecule has 1 saturated carbocycles. The Labute approximate surface area is 158 Å². The predicted molar refractivity (Wildman–Crippen MR) is 101 cm³/mol. The van der Waals surface area contributed by atoms with Crippen LogP contribution in [0.5, 0.6) is 0 Å². The fraction of sp³-hybridized carbons (Fsp3) is 0.350. The van der Waals surface area contributed by atoms with Gasteiger partial charge in [-0.05, 0) is 56.0 Å². The van der Waals surface area contributed by atoms with E-state index in [1.165, 1.54) is 0 Å². The van der Waals surface area contributed by atoms with Gasteiger partial charge in [0.05, 0.1) is 6.42 Å². The summed E-state index contributed by atoms with van der Waals surface area (Å²) >= 11 is 5.95. The molecule has 2 amide bonds. The van der Waals surface area contributed by atoms with Crippen LogP contribution >= 0.6 is 11.6 Å². The molecule has 2 aromatic rings. The monoisotopic (exact) mass is 371 g/mol. The zero-order valence-corrected chi connectivity index (χ0v) is 15.2. The van der Waals surface area contributed by atoms with E-state index in [4.69, 9.17) is 11.6 Å². The summed E-state index contributed by atoms with van der Waals surface area (Å²) in [6.45, 7) is 0. The van der Waals surface area contributed by atoms with Crippen molar-refractivity contribution in [2.45, 2.75) is 44.2 Å². The van der Waals surface area contributed by atoms with Crippen LogP contribution < -0.4 is 10.6 Å². The molecular weight excluding hydrogens is 350 g/mol. The highest BCUT2D eigenvalue weighted by atomic mass is 35.5. The van der Waals surface area contributed by atoms with Gasteiger partial charge in [-0.1, -0.05) is 23.7 Å². The molecular formula is C20H22ClN3O2. The average Bonchev–Trinajstić information content (AvgIpc) is 2.62. The molecule has 0 aliphatic heterocycles. The number of benzene rings is 1. The van der Waals surface area contributed by atoms with Gasteiger partial charge in [-0.15, -0.1) is 0 Å². The first-order chi connectivity index (χ1) is 12.6. The summed E-state index contributed by atoms with van der Waals surface area (Å²) in [7, 11) is 0. The van der Waals surface area contributed by atoms with E-state index in [1.807, 2.05) is 18.2 Å². The first kappa shape index (κ1) is 18.4. The standard InChI is InChI=1S/C20H22ClN3O2/c21-15-6-3-5-14(11-15)20(26)24-18-9-4-8-17(12-18)23-19(25)13-16-7-1-2-10-22-16/h1-3,5-7,10-11,17-18H,4,8-9,12-13H2,(H,23,25)(H,24,26)/t17-,18-/m0/s1. The Morgan fingerprint density at radius 1 is 1.08 bits per heavy atom.